The molecule has 7 heteroatoms. The van der Waals surface area contributed by atoms with Gasteiger partial charge in [0.25, 0.3) is 0 Å². The smallest absolute Gasteiger partial charge is 0.408 e. The SMILES string of the molecule is CCCCCC[C@@H](NC(=O)[C@H](Cc1ccccc1)NC(=O)OCc1ccccc1)C(=O)OC. The molecule has 0 spiro atoms. The van der Waals surface area contributed by atoms with Gasteiger partial charge in [0.1, 0.15) is 18.7 Å². The van der Waals surface area contributed by atoms with Crippen LogP contribution in [0.1, 0.15) is 50.2 Å². The van der Waals surface area contributed by atoms with Gasteiger partial charge in [-0.3, -0.25) is 4.79 Å². The zero-order valence-corrected chi connectivity index (χ0v) is 19.4. The number of hydrogen-bond acceptors (Lipinski definition) is 5. The minimum absolute atomic E-state index is 0.0918. The molecule has 7 nitrogen and oxygen atoms in total. The van der Waals surface area contributed by atoms with Crippen LogP contribution in [0.15, 0.2) is 60.7 Å². The van der Waals surface area contributed by atoms with E-state index in [9.17, 15) is 14.4 Å². The van der Waals surface area contributed by atoms with Crippen molar-refractivity contribution in [3.8, 4) is 0 Å². The van der Waals surface area contributed by atoms with Crippen molar-refractivity contribution in [1.29, 1.82) is 0 Å². The topological polar surface area (TPSA) is 93.7 Å². The molecule has 0 radical (unpaired) electrons. The molecule has 0 aromatic heterocycles. The molecular formula is C26H34N2O5. The molecule has 0 saturated carbocycles. The number of ether oxygens (including phenoxy) is 2. The molecule has 178 valence electrons. The predicted octanol–water partition coefficient (Wildman–Crippen LogP) is 4.15. The monoisotopic (exact) mass is 454 g/mol. The number of amides is 2. The van der Waals surface area contributed by atoms with Crippen molar-refractivity contribution in [1.82, 2.24) is 10.6 Å². The van der Waals surface area contributed by atoms with Crippen molar-refractivity contribution in [2.45, 2.75) is 64.1 Å². The van der Waals surface area contributed by atoms with Gasteiger partial charge in [-0.25, -0.2) is 9.59 Å². The molecule has 0 saturated heterocycles. The molecule has 2 atom stereocenters. The fraction of sp³-hybridized carbons (Fsp3) is 0.423. The van der Waals surface area contributed by atoms with Crippen LogP contribution in [0.4, 0.5) is 4.79 Å². The summed E-state index contributed by atoms with van der Waals surface area (Å²) in [5, 5.41) is 5.41. The van der Waals surface area contributed by atoms with Crippen LogP contribution in [-0.2, 0) is 32.1 Å². The lowest BCUT2D eigenvalue weighted by molar-refractivity contribution is -0.145. The van der Waals surface area contributed by atoms with Gasteiger partial charge in [-0.2, -0.15) is 0 Å². The Hall–Kier alpha value is -3.35. The zero-order chi connectivity index (χ0) is 23.9. The van der Waals surface area contributed by atoms with E-state index in [-0.39, 0.29) is 13.0 Å². The first kappa shape index (κ1) is 25.9. The number of methoxy groups -OCH3 is 1. The van der Waals surface area contributed by atoms with E-state index >= 15 is 0 Å². The first-order valence-electron chi connectivity index (χ1n) is 11.4. The molecule has 0 fully saturated rings. The maximum absolute atomic E-state index is 13.1. The van der Waals surface area contributed by atoms with Gasteiger partial charge in [-0.1, -0.05) is 93.3 Å². The highest BCUT2D eigenvalue weighted by molar-refractivity contribution is 5.89. The molecule has 0 aliphatic rings. The van der Waals surface area contributed by atoms with Crippen molar-refractivity contribution in [3.05, 3.63) is 71.8 Å². The highest BCUT2D eigenvalue weighted by Crippen LogP contribution is 2.09. The van der Waals surface area contributed by atoms with Crippen LogP contribution >= 0.6 is 0 Å². The Balaban J connectivity index is 2.04. The molecular weight excluding hydrogens is 420 g/mol. The second kappa shape index (κ2) is 14.7. The summed E-state index contributed by atoms with van der Waals surface area (Å²) in [7, 11) is 1.30. The summed E-state index contributed by atoms with van der Waals surface area (Å²) in [4.78, 5) is 37.7. The van der Waals surface area contributed by atoms with E-state index in [0.717, 1.165) is 36.8 Å². The quantitative estimate of drug-likeness (QED) is 0.350. The van der Waals surface area contributed by atoms with Crippen LogP contribution in [0.2, 0.25) is 0 Å². The Morgan fingerprint density at radius 1 is 0.818 bits per heavy atom. The van der Waals surface area contributed by atoms with Crippen LogP contribution < -0.4 is 10.6 Å². The van der Waals surface area contributed by atoms with Crippen LogP contribution in [0.3, 0.4) is 0 Å². The second-order valence-electron chi connectivity index (χ2n) is 7.88. The zero-order valence-electron chi connectivity index (χ0n) is 19.4. The molecule has 0 aliphatic carbocycles. The maximum atomic E-state index is 13.1. The first-order valence-corrected chi connectivity index (χ1v) is 11.4. The fourth-order valence-corrected chi connectivity index (χ4v) is 3.40. The number of esters is 1. The minimum Gasteiger partial charge on any atom is -0.467 e. The highest BCUT2D eigenvalue weighted by Gasteiger charge is 2.27. The summed E-state index contributed by atoms with van der Waals surface area (Å²) in [6.45, 7) is 2.20. The minimum atomic E-state index is -0.904. The van der Waals surface area contributed by atoms with Crippen molar-refractivity contribution in [2.75, 3.05) is 7.11 Å². The van der Waals surface area contributed by atoms with Gasteiger partial charge < -0.3 is 20.1 Å². The lowest BCUT2D eigenvalue weighted by atomic mass is 10.0. The van der Waals surface area contributed by atoms with Crippen LogP contribution in [0, 0.1) is 0 Å². The molecule has 0 unspecified atom stereocenters. The molecule has 0 aliphatic heterocycles. The largest absolute Gasteiger partial charge is 0.467 e. The van der Waals surface area contributed by atoms with E-state index in [2.05, 4.69) is 17.6 Å². The van der Waals surface area contributed by atoms with Crippen LogP contribution in [-0.4, -0.2) is 37.2 Å². The standard InChI is InChI=1S/C26H34N2O5/c1-3-4-5-12-17-22(25(30)32-2)27-24(29)23(18-20-13-8-6-9-14-20)28-26(31)33-19-21-15-10-7-11-16-21/h6-11,13-16,22-23H,3-5,12,17-19H2,1-2H3,(H,27,29)(H,28,31)/t22-,23+/m1/s1. The number of benzene rings is 2. The van der Waals surface area contributed by atoms with E-state index < -0.39 is 30.1 Å². The number of carbonyl (C=O) groups excluding carboxylic acids is 3. The predicted molar refractivity (Wildman–Crippen MR) is 126 cm³/mol. The summed E-state index contributed by atoms with van der Waals surface area (Å²) < 4.78 is 10.2. The third-order valence-corrected chi connectivity index (χ3v) is 5.25. The number of carbonyl (C=O) groups is 3. The van der Waals surface area contributed by atoms with E-state index in [4.69, 9.17) is 9.47 Å². The lowest BCUT2D eigenvalue weighted by Crippen LogP contribution is -2.52. The highest BCUT2D eigenvalue weighted by atomic mass is 16.5. The van der Waals surface area contributed by atoms with Crippen molar-refractivity contribution >= 4 is 18.0 Å². The summed E-state index contributed by atoms with van der Waals surface area (Å²) in [5.74, 6) is -0.952. The van der Waals surface area contributed by atoms with Crippen molar-refractivity contribution in [3.63, 3.8) is 0 Å². The van der Waals surface area contributed by atoms with Gasteiger partial charge in [0.05, 0.1) is 7.11 Å². The van der Waals surface area contributed by atoms with Gasteiger partial charge in [0.2, 0.25) is 5.91 Å². The van der Waals surface area contributed by atoms with Crippen molar-refractivity contribution < 1.29 is 23.9 Å². The first-order chi connectivity index (χ1) is 16.0. The maximum Gasteiger partial charge on any atom is 0.408 e. The van der Waals surface area contributed by atoms with E-state index in [0.29, 0.717) is 6.42 Å². The number of unbranched alkanes of at least 4 members (excludes halogenated alkanes) is 3. The Kier molecular flexibility index (Phi) is 11.5. The lowest BCUT2D eigenvalue weighted by Gasteiger charge is -2.22. The molecule has 2 N–H and O–H groups in total. The number of alkyl carbamates (subject to hydrolysis) is 1. The average Bonchev–Trinajstić information content (AvgIpc) is 2.85. The molecule has 0 bridgehead atoms. The average molecular weight is 455 g/mol. The van der Waals surface area contributed by atoms with E-state index in [1.165, 1.54) is 7.11 Å². The molecule has 2 aromatic carbocycles. The third-order valence-electron chi connectivity index (χ3n) is 5.25. The van der Waals surface area contributed by atoms with Gasteiger partial charge in [0, 0.05) is 6.42 Å². The Morgan fingerprint density at radius 2 is 1.45 bits per heavy atom. The number of rotatable bonds is 13. The van der Waals surface area contributed by atoms with E-state index in [1.54, 1.807) is 0 Å². The van der Waals surface area contributed by atoms with Crippen LogP contribution in [0.25, 0.3) is 0 Å². The molecule has 0 heterocycles. The van der Waals surface area contributed by atoms with Gasteiger partial charge in [-0.15, -0.1) is 0 Å². The van der Waals surface area contributed by atoms with Crippen molar-refractivity contribution in [2.24, 2.45) is 0 Å². The number of hydrogen-bond donors (Lipinski definition) is 2. The number of nitrogens with one attached hydrogen (secondary N) is 2. The summed E-state index contributed by atoms with van der Waals surface area (Å²) in [5.41, 5.74) is 1.72. The summed E-state index contributed by atoms with van der Waals surface area (Å²) in [6, 6.07) is 17.0. The second-order valence-corrected chi connectivity index (χ2v) is 7.88. The van der Waals surface area contributed by atoms with E-state index in [1.807, 2.05) is 60.7 Å². The Morgan fingerprint density at radius 3 is 2.06 bits per heavy atom. The summed E-state index contributed by atoms with van der Waals surface area (Å²) >= 11 is 0. The van der Waals surface area contributed by atoms with Gasteiger partial charge in [0.15, 0.2) is 0 Å². The molecule has 2 aromatic rings. The van der Waals surface area contributed by atoms with Crippen LogP contribution in [0.5, 0.6) is 0 Å². The molecule has 33 heavy (non-hydrogen) atoms. The fourth-order valence-electron chi connectivity index (χ4n) is 3.40. The molecule has 2 amide bonds. The Bertz CT molecular complexity index is 858. The third kappa shape index (κ3) is 9.76. The Labute approximate surface area is 195 Å². The van der Waals surface area contributed by atoms with Gasteiger partial charge >= 0.3 is 12.1 Å². The molecule has 2 rings (SSSR count). The van der Waals surface area contributed by atoms with Gasteiger partial charge in [-0.05, 0) is 17.5 Å². The summed E-state index contributed by atoms with van der Waals surface area (Å²) in [6.07, 6.45) is 3.94. The normalized spacial score (nSPS) is 12.3.